The van der Waals surface area contributed by atoms with E-state index in [2.05, 4.69) is 10.3 Å². The van der Waals surface area contributed by atoms with E-state index in [-0.39, 0.29) is 17.8 Å². The third kappa shape index (κ3) is 2.26. The first-order valence-corrected chi connectivity index (χ1v) is 5.94. The average molecular weight is 248 g/mol. The molecule has 0 amide bonds. The molecule has 0 aliphatic carbocycles. The Kier molecular flexibility index (Phi) is 3.43. The molecule has 0 bridgehead atoms. The van der Waals surface area contributed by atoms with E-state index >= 15 is 0 Å². The van der Waals surface area contributed by atoms with Crippen LogP contribution in [-0.2, 0) is 0 Å². The highest BCUT2D eigenvalue weighted by atomic mass is 19.1. The minimum atomic E-state index is -0.252. The average Bonchev–Trinajstić information content (AvgIpc) is 2.80. The maximum atomic E-state index is 13.5. The summed E-state index contributed by atoms with van der Waals surface area (Å²) in [7, 11) is 0. The Morgan fingerprint density at radius 3 is 2.72 bits per heavy atom. The summed E-state index contributed by atoms with van der Waals surface area (Å²) in [6.07, 6.45) is 1.76. The first kappa shape index (κ1) is 12.7. The van der Waals surface area contributed by atoms with Gasteiger partial charge in [-0.15, -0.1) is 5.10 Å². The summed E-state index contributed by atoms with van der Waals surface area (Å²) in [6.45, 7) is 5.77. The maximum Gasteiger partial charge on any atom is 0.128 e. The van der Waals surface area contributed by atoms with Crippen LogP contribution in [-0.4, -0.2) is 15.0 Å². The van der Waals surface area contributed by atoms with Gasteiger partial charge in [0.25, 0.3) is 0 Å². The molecule has 0 saturated heterocycles. The number of aromatic nitrogens is 3. The van der Waals surface area contributed by atoms with Crippen molar-refractivity contribution in [1.29, 1.82) is 0 Å². The molecular formula is C13H17FN4. The van der Waals surface area contributed by atoms with Crippen molar-refractivity contribution in [1.82, 2.24) is 15.0 Å². The van der Waals surface area contributed by atoms with Crippen molar-refractivity contribution in [2.75, 3.05) is 0 Å². The summed E-state index contributed by atoms with van der Waals surface area (Å²) < 4.78 is 15.0. The van der Waals surface area contributed by atoms with Crippen LogP contribution in [0.3, 0.4) is 0 Å². The minimum absolute atomic E-state index is 0.160. The molecule has 18 heavy (non-hydrogen) atoms. The van der Waals surface area contributed by atoms with Gasteiger partial charge in [0, 0.05) is 5.56 Å². The predicted octanol–water partition coefficient (Wildman–Crippen LogP) is 2.37. The first-order chi connectivity index (χ1) is 8.50. The summed E-state index contributed by atoms with van der Waals surface area (Å²) in [4.78, 5) is 0. The van der Waals surface area contributed by atoms with Gasteiger partial charge in [-0.1, -0.05) is 25.1 Å². The predicted molar refractivity (Wildman–Crippen MR) is 67.8 cm³/mol. The van der Waals surface area contributed by atoms with Crippen molar-refractivity contribution in [2.45, 2.75) is 26.8 Å². The minimum Gasteiger partial charge on any atom is -0.322 e. The van der Waals surface area contributed by atoms with Gasteiger partial charge in [0.15, 0.2) is 0 Å². The topological polar surface area (TPSA) is 56.7 Å². The fourth-order valence-corrected chi connectivity index (χ4v) is 1.73. The molecule has 1 heterocycles. The van der Waals surface area contributed by atoms with Gasteiger partial charge in [0.05, 0.1) is 17.9 Å². The summed E-state index contributed by atoms with van der Waals surface area (Å²) in [5.74, 6) is 0.0291. The van der Waals surface area contributed by atoms with Crippen LogP contribution >= 0.6 is 0 Å². The third-order valence-corrected chi connectivity index (χ3v) is 3.06. The van der Waals surface area contributed by atoms with Crippen molar-refractivity contribution in [3.05, 3.63) is 41.5 Å². The lowest BCUT2D eigenvalue weighted by atomic mass is 10.0. The van der Waals surface area contributed by atoms with E-state index in [1.54, 1.807) is 29.9 Å². The number of nitrogens with zero attached hydrogens (tertiary/aromatic N) is 3. The Bertz CT molecular complexity index is 548. The number of hydrogen-bond acceptors (Lipinski definition) is 3. The van der Waals surface area contributed by atoms with Gasteiger partial charge >= 0.3 is 0 Å². The van der Waals surface area contributed by atoms with Crippen LogP contribution < -0.4 is 5.73 Å². The molecule has 0 aliphatic heterocycles. The van der Waals surface area contributed by atoms with Crippen molar-refractivity contribution >= 4 is 0 Å². The monoisotopic (exact) mass is 248 g/mol. The standard InChI is InChI=1S/C13H17FN4/c1-8(2)13(15)11-7-18(17-16-11)12-6-4-5-10(14)9(12)3/h4-8,13H,15H2,1-3H3. The van der Waals surface area contributed by atoms with Gasteiger partial charge in [-0.2, -0.15) is 0 Å². The zero-order valence-electron chi connectivity index (χ0n) is 10.8. The van der Waals surface area contributed by atoms with Gasteiger partial charge in [-0.3, -0.25) is 0 Å². The summed E-state index contributed by atoms with van der Waals surface area (Å²) in [5.41, 5.74) is 7.96. The van der Waals surface area contributed by atoms with Crippen molar-refractivity contribution in [3.63, 3.8) is 0 Å². The molecule has 1 atom stereocenters. The van der Waals surface area contributed by atoms with Crippen molar-refractivity contribution < 1.29 is 4.39 Å². The molecule has 96 valence electrons. The number of hydrogen-bond donors (Lipinski definition) is 1. The fraction of sp³-hybridized carbons (Fsp3) is 0.385. The van der Waals surface area contributed by atoms with E-state index in [1.807, 2.05) is 13.8 Å². The molecule has 1 unspecified atom stereocenters. The molecule has 1 aromatic carbocycles. The normalized spacial score (nSPS) is 13.0. The second kappa shape index (κ2) is 4.86. The van der Waals surface area contributed by atoms with Crippen molar-refractivity contribution in [3.8, 4) is 5.69 Å². The molecule has 0 spiro atoms. The Labute approximate surface area is 106 Å². The molecule has 0 fully saturated rings. The van der Waals surface area contributed by atoms with E-state index in [4.69, 9.17) is 5.73 Å². The maximum absolute atomic E-state index is 13.5. The second-order valence-corrected chi connectivity index (χ2v) is 4.74. The lowest BCUT2D eigenvalue weighted by Crippen LogP contribution is -2.17. The van der Waals surface area contributed by atoms with Gasteiger partial charge in [-0.25, -0.2) is 9.07 Å². The van der Waals surface area contributed by atoms with Gasteiger partial charge in [0.2, 0.25) is 0 Å². The van der Waals surface area contributed by atoms with Gasteiger partial charge in [0.1, 0.15) is 11.5 Å². The highest BCUT2D eigenvalue weighted by Crippen LogP contribution is 2.19. The SMILES string of the molecule is Cc1c(F)cccc1-n1cc(C(N)C(C)C)nn1. The first-order valence-electron chi connectivity index (χ1n) is 5.94. The van der Waals surface area contributed by atoms with Crippen LogP contribution in [0.4, 0.5) is 4.39 Å². The molecule has 2 N–H and O–H groups in total. The Balaban J connectivity index is 2.38. The number of benzene rings is 1. The molecule has 5 heteroatoms. The molecule has 0 aliphatic rings. The van der Waals surface area contributed by atoms with Crippen LogP contribution in [0.2, 0.25) is 0 Å². The number of rotatable bonds is 3. The van der Waals surface area contributed by atoms with E-state index < -0.39 is 0 Å². The van der Waals surface area contributed by atoms with E-state index in [1.165, 1.54) is 6.07 Å². The summed E-state index contributed by atoms with van der Waals surface area (Å²) >= 11 is 0. The van der Waals surface area contributed by atoms with E-state index in [0.29, 0.717) is 16.9 Å². The van der Waals surface area contributed by atoms with Crippen LogP contribution in [0.15, 0.2) is 24.4 Å². The van der Waals surface area contributed by atoms with E-state index in [9.17, 15) is 4.39 Å². The van der Waals surface area contributed by atoms with Crippen LogP contribution in [0.25, 0.3) is 5.69 Å². The quantitative estimate of drug-likeness (QED) is 0.907. The fourth-order valence-electron chi connectivity index (χ4n) is 1.73. The smallest absolute Gasteiger partial charge is 0.128 e. The largest absolute Gasteiger partial charge is 0.322 e. The van der Waals surface area contributed by atoms with E-state index in [0.717, 1.165) is 0 Å². The molecule has 2 aromatic rings. The Morgan fingerprint density at radius 1 is 1.33 bits per heavy atom. The molecule has 1 aromatic heterocycles. The molecule has 2 rings (SSSR count). The Hall–Kier alpha value is -1.75. The highest BCUT2D eigenvalue weighted by Gasteiger charge is 2.15. The number of halogens is 1. The van der Waals surface area contributed by atoms with Gasteiger partial charge in [-0.05, 0) is 25.0 Å². The van der Waals surface area contributed by atoms with Crippen LogP contribution in [0.1, 0.15) is 31.1 Å². The molecule has 4 nitrogen and oxygen atoms in total. The van der Waals surface area contributed by atoms with Crippen LogP contribution in [0.5, 0.6) is 0 Å². The zero-order chi connectivity index (χ0) is 13.3. The lowest BCUT2D eigenvalue weighted by molar-refractivity contribution is 0.502. The molecular weight excluding hydrogens is 231 g/mol. The van der Waals surface area contributed by atoms with Crippen LogP contribution in [0, 0.1) is 18.7 Å². The summed E-state index contributed by atoms with van der Waals surface area (Å²) in [5, 5.41) is 8.06. The highest BCUT2D eigenvalue weighted by molar-refractivity contribution is 5.40. The zero-order valence-corrected chi connectivity index (χ0v) is 10.8. The lowest BCUT2D eigenvalue weighted by Gasteiger charge is -2.11. The molecule has 0 radical (unpaired) electrons. The third-order valence-electron chi connectivity index (χ3n) is 3.06. The molecule has 0 saturated carbocycles. The second-order valence-electron chi connectivity index (χ2n) is 4.74. The number of nitrogens with two attached hydrogens (primary N) is 1. The summed E-state index contributed by atoms with van der Waals surface area (Å²) in [6, 6.07) is 4.72. The Morgan fingerprint density at radius 2 is 2.06 bits per heavy atom. The van der Waals surface area contributed by atoms with Crippen molar-refractivity contribution in [2.24, 2.45) is 11.7 Å². The van der Waals surface area contributed by atoms with Gasteiger partial charge < -0.3 is 5.73 Å².